The van der Waals surface area contributed by atoms with E-state index in [4.69, 9.17) is 5.11 Å². The number of hydrogen-bond acceptors (Lipinski definition) is 1. The van der Waals surface area contributed by atoms with Gasteiger partial charge in [-0.25, -0.2) is 0 Å². The van der Waals surface area contributed by atoms with E-state index in [-0.39, 0.29) is 25.4 Å². The van der Waals surface area contributed by atoms with Crippen molar-refractivity contribution in [3.05, 3.63) is 0 Å². The fourth-order valence-corrected chi connectivity index (χ4v) is 2.25. The quantitative estimate of drug-likeness (QED) is 0.764. The number of carboxylic acids is 1. The third-order valence-electron chi connectivity index (χ3n) is 2.98. The molecule has 0 amide bonds. The summed E-state index contributed by atoms with van der Waals surface area (Å²) in [6.45, 7) is 1.98. The molecular formula is C10H18O2Zn. The van der Waals surface area contributed by atoms with Crippen LogP contribution in [-0.4, -0.2) is 11.1 Å². The number of aliphatic carboxylic acids is 1. The molecule has 13 heavy (non-hydrogen) atoms. The topological polar surface area (TPSA) is 37.3 Å². The average molecular weight is 236 g/mol. The van der Waals surface area contributed by atoms with Crippen LogP contribution in [0, 0.1) is 11.8 Å². The van der Waals surface area contributed by atoms with E-state index < -0.39 is 5.97 Å². The molecule has 0 bridgehead atoms. The van der Waals surface area contributed by atoms with E-state index in [0.717, 1.165) is 19.3 Å². The normalized spacial score (nSPS) is 20.4. The average Bonchev–Trinajstić information content (AvgIpc) is 2.07. The van der Waals surface area contributed by atoms with Crippen LogP contribution in [0.5, 0.6) is 0 Å². The molecule has 1 fully saturated rings. The SMILES string of the molecule is CCC(C(=O)O)C1CCCCC1.[Zn]. The summed E-state index contributed by atoms with van der Waals surface area (Å²) in [6.07, 6.45) is 6.81. The van der Waals surface area contributed by atoms with Crippen LogP contribution in [0.3, 0.4) is 0 Å². The largest absolute Gasteiger partial charge is 0.481 e. The summed E-state index contributed by atoms with van der Waals surface area (Å²) in [4.78, 5) is 10.8. The molecule has 0 aromatic rings. The zero-order chi connectivity index (χ0) is 8.97. The van der Waals surface area contributed by atoms with Gasteiger partial charge in [0.15, 0.2) is 0 Å². The van der Waals surface area contributed by atoms with Crippen molar-refractivity contribution in [2.45, 2.75) is 45.4 Å². The molecular weight excluding hydrogens is 217 g/mol. The second-order valence-corrected chi connectivity index (χ2v) is 3.75. The zero-order valence-corrected chi connectivity index (χ0v) is 11.4. The molecule has 2 nitrogen and oxygen atoms in total. The first-order valence-electron chi connectivity index (χ1n) is 4.98. The fourth-order valence-electron chi connectivity index (χ4n) is 2.25. The van der Waals surface area contributed by atoms with Crippen molar-refractivity contribution in [3.8, 4) is 0 Å². The molecule has 1 atom stereocenters. The monoisotopic (exact) mass is 234 g/mol. The van der Waals surface area contributed by atoms with Crippen LogP contribution in [0.1, 0.15) is 45.4 Å². The summed E-state index contributed by atoms with van der Waals surface area (Å²) in [5, 5.41) is 8.93. The van der Waals surface area contributed by atoms with Crippen molar-refractivity contribution < 1.29 is 29.4 Å². The zero-order valence-electron chi connectivity index (χ0n) is 8.46. The Hall–Kier alpha value is 0.0934. The number of carboxylic acid groups (broad SMARTS) is 1. The van der Waals surface area contributed by atoms with Crippen LogP contribution < -0.4 is 0 Å². The van der Waals surface area contributed by atoms with E-state index in [1.54, 1.807) is 0 Å². The summed E-state index contributed by atoms with van der Waals surface area (Å²) in [7, 11) is 0. The summed E-state index contributed by atoms with van der Waals surface area (Å²) >= 11 is 0. The van der Waals surface area contributed by atoms with Crippen LogP contribution in [0.15, 0.2) is 0 Å². The molecule has 1 rings (SSSR count). The van der Waals surface area contributed by atoms with Crippen molar-refractivity contribution in [2.24, 2.45) is 11.8 Å². The number of hydrogen-bond donors (Lipinski definition) is 1. The van der Waals surface area contributed by atoms with E-state index in [1.165, 1.54) is 19.3 Å². The molecule has 0 aliphatic heterocycles. The van der Waals surface area contributed by atoms with Gasteiger partial charge in [-0.1, -0.05) is 26.2 Å². The molecule has 1 unspecified atom stereocenters. The first kappa shape index (κ1) is 13.1. The van der Waals surface area contributed by atoms with Crippen molar-refractivity contribution in [1.29, 1.82) is 0 Å². The van der Waals surface area contributed by atoms with Crippen molar-refractivity contribution in [1.82, 2.24) is 0 Å². The van der Waals surface area contributed by atoms with Crippen LogP contribution in [0.25, 0.3) is 0 Å². The fraction of sp³-hybridized carbons (Fsp3) is 0.900. The van der Waals surface area contributed by atoms with Crippen LogP contribution >= 0.6 is 0 Å². The molecule has 1 aliphatic carbocycles. The predicted molar refractivity (Wildman–Crippen MR) is 48.0 cm³/mol. The molecule has 1 saturated carbocycles. The maximum absolute atomic E-state index is 10.8. The Kier molecular flexibility index (Phi) is 6.58. The minimum atomic E-state index is -0.593. The van der Waals surface area contributed by atoms with E-state index >= 15 is 0 Å². The van der Waals surface area contributed by atoms with Gasteiger partial charge in [-0.15, -0.1) is 0 Å². The van der Waals surface area contributed by atoms with Crippen LogP contribution in [-0.2, 0) is 24.3 Å². The minimum absolute atomic E-state index is 0. The maximum Gasteiger partial charge on any atom is 0.306 e. The Morgan fingerprint density at radius 2 is 1.92 bits per heavy atom. The minimum Gasteiger partial charge on any atom is -0.481 e. The number of rotatable bonds is 3. The van der Waals surface area contributed by atoms with Gasteiger partial charge in [0.25, 0.3) is 0 Å². The molecule has 1 aliphatic rings. The molecule has 0 spiro atoms. The molecule has 72 valence electrons. The summed E-state index contributed by atoms with van der Waals surface area (Å²) in [5.41, 5.74) is 0. The van der Waals surface area contributed by atoms with Gasteiger partial charge in [-0.05, 0) is 25.2 Å². The predicted octanol–water partition coefficient (Wildman–Crippen LogP) is 2.68. The smallest absolute Gasteiger partial charge is 0.306 e. The summed E-state index contributed by atoms with van der Waals surface area (Å²) in [6, 6.07) is 0. The van der Waals surface area contributed by atoms with Gasteiger partial charge in [-0.3, -0.25) is 4.79 Å². The van der Waals surface area contributed by atoms with Crippen molar-refractivity contribution in [2.75, 3.05) is 0 Å². The Morgan fingerprint density at radius 1 is 1.38 bits per heavy atom. The second kappa shape index (κ2) is 6.53. The third-order valence-corrected chi connectivity index (χ3v) is 2.98. The van der Waals surface area contributed by atoms with Crippen molar-refractivity contribution >= 4 is 5.97 Å². The van der Waals surface area contributed by atoms with E-state index in [9.17, 15) is 4.79 Å². The van der Waals surface area contributed by atoms with Gasteiger partial charge in [-0.2, -0.15) is 0 Å². The van der Waals surface area contributed by atoms with Gasteiger partial charge < -0.3 is 5.11 Å². The standard InChI is InChI=1S/C10H18O2.Zn/c1-2-9(10(11)12)8-6-4-3-5-7-8;/h8-9H,2-7H2,1H3,(H,11,12);. The summed E-state index contributed by atoms with van der Waals surface area (Å²) < 4.78 is 0. The first-order valence-corrected chi connectivity index (χ1v) is 4.98. The summed E-state index contributed by atoms with van der Waals surface area (Å²) in [5.74, 6) is -0.212. The van der Waals surface area contributed by atoms with Gasteiger partial charge in [0.05, 0.1) is 5.92 Å². The van der Waals surface area contributed by atoms with Crippen molar-refractivity contribution in [3.63, 3.8) is 0 Å². The molecule has 0 aromatic carbocycles. The van der Waals surface area contributed by atoms with Gasteiger partial charge in [0.2, 0.25) is 0 Å². The molecule has 0 radical (unpaired) electrons. The first-order chi connectivity index (χ1) is 5.75. The Bertz CT molecular complexity index is 153. The second-order valence-electron chi connectivity index (χ2n) is 3.75. The van der Waals surface area contributed by atoms with Crippen LogP contribution in [0.2, 0.25) is 0 Å². The van der Waals surface area contributed by atoms with E-state index in [0.29, 0.717) is 5.92 Å². The molecule has 3 heteroatoms. The maximum atomic E-state index is 10.8. The number of carbonyl (C=O) groups is 1. The van der Waals surface area contributed by atoms with Gasteiger partial charge >= 0.3 is 5.97 Å². The van der Waals surface area contributed by atoms with E-state index in [2.05, 4.69) is 0 Å². The van der Waals surface area contributed by atoms with Gasteiger partial charge in [0.1, 0.15) is 0 Å². The Balaban J connectivity index is 0.00000144. The van der Waals surface area contributed by atoms with Gasteiger partial charge in [0, 0.05) is 19.5 Å². The Morgan fingerprint density at radius 3 is 2.31 bits per heavy atom. The Labute approximate surface area is 92.9 Å². The molecule has 1 N–H and O–H groups in total. The third kappa shape index (κ3) is 3.76. The molecule has 0 saturated heterocycles. The molecule has 0 aromatic heterocycles. The van der Waals surface area contributed by atoms with E-state index in [1.807, 2.05) is 6.92 Å². The van der Waals surface area contributed by atoms with Crippen LogP contribution in [0.4, 0.5) is 0 Å². The molecule has 0 heterocycles.